The number of nitrogens with zero attached hydrogens (tertiary/aromatic N) is 2. The highest BCUT2D eigenvalue weighted by atomic mass is 16.5. The average Bonchev–Trinajstić information content (AvgIpc) is 3.04. The molecule has 0 fully saturated rings. The third kappa shape index (κ3) is 3.47. The molecule has 4 rings (SSSR count). The van der Waals surface area contributed by atoms with Crippen LogP contribution < -0.4 is 4.74 Å². The summed E-state index contributed by atoms with van der Waals surface area (Å²) in [7, 11) is 0. The first-order valence-electron chi connectivity index (χ1n) is 9.47. The monoisotopic (exact) mass is 380 g/mol. The van der Waals surface area contributed by atoms with Crippen LogP contribution in [0.2, 0.25) is 0 Å². The second-order valence-electron chi connectivity index (χ2n) is 8.00. The zero-order valence-electron chi connectivity index (χ0n) is 16.3. The maximum Gasteiger partial charge on any atom is 0.339 e. The summed E-state index contributed by atoms with van der Waals surface area (Å²) in [6.07, 6.45) is 2.59. The molecule has 0 amide bonds. The van der Waals surface area contributed by atoms with Gasteiger partial charge in [0.25, 0.3) is 0 Å². The summed E-state index contributed by atoms with van der Waals surface area (Å²) in [4.78, 5) is 16.9. The molecule has 2 aromatic heterocycles. The number of ether oxygens (including phenoxy) is 2. The molecule has 28 heavy (non-hydrogen) atoms. The van der Waals surface area contributed by atoms with Crippen LogP contribution in [0.15, 0.2) is 42.6 Å². The molecular weight excluding hydrogens is 356 g/mol. The van der Waals surface area contributed by atoms with Gasteiger partial charge in [-0.25, -0.2) is 9.78 Å². The summed E-state index contributed by atoms with van der Waals surface area (Å²) in [6, 6.07) is 11.5. The summed E-state index contributed by atoms with van der Waals surface area (Å²) in [5.41, 5.74) is 3.20. The second-order valence-corrected chi connectivity index (χ2v) is 8.00. The van der Waals surface area contributed by atoms with Crippen molar-refractivity contribution in [2.24, 2.45) is 0 Å². The van der Waals surface area contributed by atoms with Gasteiger partial charge >= 0.3 is 5.97 Å². The van der Waals surface area contributed by atoms with E-state index in [0.29, 0.717) is 17.0 Å². The smallest absolute Gasteiger partial charge is 0.339 e. The molecule has 0 saturated carbocycles. The van der Waals surface area contributed by atoms with E-state index in [1.54, 1.807) is 4.40 Å². The minimum atomic E-state index is -1.14. The molecule has 1 aromatic carbocycles. The molecule has 1 aliphatic rings. The van der Waals surface area contributed by atoms with Gasteiger partial charge in [-0.1, -0.05) is 6.07 Å². The largest absolute Gasteiger partial charge is 0.493 e. The van der Waals surface area contributed by atoms with Gasteiger partial charge in [-0.05, 0) is 69.5 Å². The summed E-state index contributed by atoms with van der Waals surface area (Å²) in [5.74, 6) is -0.149. The number of aromatic nitrogens is 2. The molecule has 146 valence electrons. The van der Waals surface area contributed by atoms with E-state index in [9.17, 15) is 9.90 Å². The molecule has 0 radical (unpaired) electrons. The van der Waals surface area contributed by atoms with E-state index in [1.165, 1.54) is 0 Å². The van der Waals surface area contributed by atoms with Gasteiger partial charge in [0.15, 0.2) is 6.10 Å². The van der Waals surface area contributed by atoms with Gasteiger partial charge in [-0.2, -0.15) is 0 Å². The van der Waals surface area contributed by atoms with E-state index in [4.69, 9.17) is 14.5 Å². The lowest BCUT2D eigenvalue weighted by molar-refractivity contribution is -0.161. The quantitative estimate of drug-likeness (QED) is 0.732. The number of hydrogen-bond donors (Lipinski definition) is 1. The molecule has 0 spiro atoms. The lowest BCUT2D eigenvalue weighted by Gasteiger charge is -2.25. The van der Waals surface area contributed by atoms with Gasteiger partial charge in [0, 0.05) is 11.8 Å². The number of imidazole rings is 1. The van der Waals surface area contributed by atoms with Crippen molar-refractivity contribution in [1.82, 2.24) is 9.38 Å². The van der Waals surface area contributed by atoms with Crippen molar-refractivity contribution < 1.29 is 19.4 Å². The van der Waals surface area contributed by atoms with Gasteiger partial charge in [-0.15, -0.1) is 0 Å². The molecule has 0 bridgehead atoms. The fourth-order valence-corrected chi connectivity index (χ4v) is 3.56. The number of aryl methyl sites for hydroxylation is 1. The molecular formula is C22H24N2O4. The number of benzene rings is 1. The zero-order chi connectivity index (χ0) is 19.9. The summed E-state index contributed by atoms with van der Waals surface area (Å²) in [5, 5.41) is 9.95. The number of hydrogen-bond acceptors (Lipinski definition) is 4. The lowest BCUT2D eigenvalue weighted by atomic mass is 10.00. The van der Waals surface area contributed by atoms with Crippen LogP contribution in [0.4, 0.5) is 0 Å². The first-order valence-corrected chi connectivity index (χ1v) is 9.47. The maximum atomic E-state index is 12.1. The second kappa shape index (κ2) is 6.95. The van der Waals surface area contributed by atoms with Crippen molar-refractivity contribution in [3.8, 4) is 17.0 Å². The standard InChI is InChI=1S/C22H24N2O4/c1-22(2,3)28-20(21(25)26)19-18(23-17-8-4-5-11-24(17)19)15-9-10-16-14(13-15)7-6-12-27-16/h4-5,8-11,13,20H,6-7,12H2,1-3H3,(H,25,26). The summed E-state index contributed by atoms with van der Waals surface area (Å²) >= 11 is 0. The van der Waals surface area contributed by atoms with Gasteiger partial charge < -0.3 is 19.0 Å². The normalized spacial score (nSPS) is 15.1. The summed E-state index contributed by atoms with van der Waals surface area (Å²) < 4.78 is 13.5. The summed E-state index contributed by atoms with van der Waals surface area (Å²) in [6.45, 7) is 6.28. The number of fused-ring (bicyclic) bond motifs is 2. The number of carboxylic acid groups (broad SMARTS) is 1. The Morgan fingerprint density at radius 2 is 2.11 bits per heavy atom. The van der Waals surface area contributed by atoms with E-state index in [-0.39, 0.29) is 0 Å². The minimum absolute atomic E-state index is 0.523. The Labute approximate surface area is 163 Å². The first-order chi connectivity index (χ1) is 13.3. The molecule has 1 unspecified atom stereocenters. The van der Waals surface area contributed by atoms with Crippen LogP contribution in [0.1, 0.15) is 44.6 Å². The number of rotatable bonds is 4. The average molecular weight is 380 g/mol. The number of carboxylic acids is 1. The first kappa shape index (κ1) is 18.5. The third-order valence-electron chi connectivity index (χ3n) is 4.69. The van der Waals surface area contributed by atoms with Crippen LogP contribution in [-0.4, -0.2) is 32.7 Å². The highest BCUT2D eigenvalue weighted by Crippen LogP contribution is 2.36. The van der Waals surface area contributed by atoms with E-state index in [1.807, 2.05) is 57.3 Å². The van der Waals surface area contributed by atoms with Gasteiger partial charge in [0.05, 0.1) is 23.6 Å². The Kier molecular flexibility index (Phi) is 4.59. The van der Waals surface area contributed by atoms with Crippen molar-refractivity contribution in [3.63, 3.8) is 0 Å². The van der Waals surface area contributed by atoms with E-state index in [2.05, 4.69) is 6.07 Å². The highest BCUT2D eigenvalue weighted by molar-refractivity contribution is 5.79. The van der Waals surface area contributed by atoms with Crippen LogP contribution in [-0.2, 0) is 16.0 Å². The van der Waals surface area contributed by atoms with Crippen molar-refractivity contribution in [2.75, 3.05) is 6.61 Å². The lowest BCUT2D eigenvalue weighted by Crippen LogP contribution is -2.28. The molecule has 0 saturated heterocycles. The van der Waals surface area contributed by atoms with Crippen molar-refractivity contribution in [3.05, 3.63) is 53.9 Å². The molecule has 6 nitrogen and oxygen atoms in total. The molecule has 1 N–H and O–H groups in total. The predicted molar refractivity (Wildman–Crippen MR) is 106 cm³/mol. The molecule has 6 heteroatoms. The Hall–Kier alpha value is -2.86. The molecule has 1 atom stereocenters. The molecule has 1 aliphatic heterocycles. The van der Waals surface area contributed by atoms with Crippen LogP contribution >= 0.6 is 0 Å². The Morgan fingerprint density at radius 1 is 1.29 bits per heavy atom. The van der Waals surface area contributed by atoms with Crippen LogP contribution in [0.5, 0.6) is 5.75 Å². The molecule has 0 aliphatic carbocycles. The van der Waals surface area contributed by atoms with Crippen LogP contribution in [0.25, 0.3) is 16.9 Å². The van der Waals surface area contributed by atoms with Crippen molar-refractivity contribution >= 4 is 11.6 Å². The number of aliphatic carboxylic acids is 1. The van der Waals surface area contributed by atoms with Crippen molar-refractivity contribution in [2.45, 2.75) is 45.3 Å². The van der Waals surface area contributed by atoms with Gasteiger partial charge in [0.2, 0.25) is 0 Å². The SMILES string of the molecule is CC(C)(C)OC(C(=O)O)c1c(-c2ccc3c(c2)CCCO3)nc2ccccn12. The van der Waals surface area contributed by atoms with E-state index < -0.39 is 17.7 Å². The Balaban J connectivity index is 1.91. The minimum Gasteiger partial charge on any atom is -0.493 e. The van der Waals surface area contributed by atoms with E-state index in [0.717, 1.165) is 36.3 Å². The van der Waals surface area contributed by atoms with Gasteiger partial charge in [-0.3, -0.25) is 0 Å². The van der Waals surface area contributed by atoms with Crippen LogP contribution in [0, 0.1) is 0 Å². The fraction of sp³-hybridized carbons (Fsp3) is 0.364. The highest BCUT2D eigenvalue weighted by Gasteiger charge is 2.33. The Bertz CT molecular complexity index is 1030. The van der Waals surface area contributed by atoms with E-state index >= 15 is 0 Å². The van der Waals surface area contributed by atoms with Crippen molar-refractivity contribution in [1.29, 1.82) is 0 Å². The topological polar surface area (TPSA) is 73.1 Å². The Morgan fingerprint density at radius 3 is 2.86 bits per heavy atom. The van der Waals surface area contributed by atoms with Crippen LogP contribution in [0.3, 0.4) is 0 Å². The predicted octanol–water partition coefficient (Wildman–Crippen LogP) is 4.27. The molecule has 3 aromatic rings. The molecule has 3 heterocycles. The third-order valence-corrected chi connectivity index (χ3v) is 4.69. The zero-order valence-corrected chi connectivity index (χ0v) is 16.3. The fourth-order valence-electron chi connectivity index (χ4n) is 3.56. The number of carbonyl (C=O) groups is 1. The number of pyridine rings is 1. The van der Waals surface area contributed by atoms with Gasteiger partial charge in [0.1, 0.15) is 11.4 Å². The maximum absolute atomic E-state index is 12.1.